The van der Waals surface area contributed by atoms with Crippen LogP contribution in [0.1, 0.15) is 38.9 Å². The number of aromatic nitrogens is 4. The van der Waals surface area contributed by atoms with Gasteiger partial charge in [-0.25, -0.2) is 9.97 Å². The van der Waals surface area contributed by atoms with E-state index in [1.165, 1.54) is 11.3 Å². The summed E-state index contributed by atoms with van der Waals surface area (Å²) < 4.78 is 5.24. The third kappa shape index (κ3) is 3.49. The maximum absolute atomic E-state index is 12.7. The number of rotatable bonds is 4. The second-order valence-corrected chi connectivity index (χ2v) is 7.83. The van der Waals surface area contributed by atoms with Gasteiger partial charge in [0.2, 0.25) is 0 Å². The van der Waals surface area contributed by atoms with Crippen LogP contribution < -0.4 is 0 Å². The quantitative estimate of drug-likeness (QED) is 0.688. The molecule has 4 rings (SSSR count). The molecular weight excluding hydrogens is 362 g/mol. The van der Waals surface area contributed by atoms with E-state index in [-0.39, 0.29) is 5.91 Å². The predicted molar refractivity (Wildman–Crippen MR) is 102 cm³/mol. The van der Waals surface area contributed by atoms with Crippen molar-refractivity contribution in [2.24, 2.45) is 5.92 Å². The topological polar surface area (TPSA) is 85.0 Å². The number of carbonyl (C=O) groups is 1. The molecule has 1 unspecified atom stereocenters. The fraction of sp³-hybridized carbons (Fsp3) is 0.421. The van der Waals surface area contributed by atoms with Crippen LogP contribution in [0.4, 0.5) is 0 Å². The van der Waals surface area contributed by atoms with Crippen LogP contribution in [0.3, 0.4) is 0 Å². The lowest BCUT2D eigenvalue weighted by Crippen LogP contribution is -2.28. The first-order valence-corrected chi connectivity index (χ1v) is 9.84. The van der Waals surface area contributed by atoms with E-state index in [1.54, 1.807) is 17.9 Å². The van der Waals surface area contributed by atoms with Crippen LogP contribution >= 0.6 is 11.3 Å². The third-order valence-corrected chi connectivity index (χ3v) is 5.90. The van der Waals surface area contributed by atoms with E-state index in [9.17, 15) is 4.79 Å². The van der Waals surface area contributed by atoms with Gasteiger partial charge in [-0.15, -0.1) is 11.3 Å². The molecule has 0 aromatic carbocycles. The van der Waals surface area contributed by atoms with E-state index in [0.29, 0.717) is 5.92 Å². The molecule has 0 saturated carbocycles. The first-order chi connectivity index (χ1) is 13.0. The van der Waals surface area contributed by atoms with Crippen molar-refractivity contribution < 1.29 is 9.32 Å². The minimum atomic E-state index is 0.0908. The Balaban J connectivity index is 1.46. The van der Waals surface area contributed by atoms with E-state index in [1.807, 2.05) is 25.7 Å². The molecule has 1 saturated heterocycles. The van der Waals surface area contributed by atoms with E-state index < -0.39 is 0 Å². The number of hydrogen-bond acceptors (Lipinski definition) is 7. The van der Waals surface area contributed by atoms with Gasteiger partial charge in [-0.2, -0.15) is 0 Å². The van der Waals surface area contributed by atoms with Crippen molar-refractivity contribution >= 4 is 17.2 Å². The zero-order valence-electron chi connectivity index (χ0n) is 15.6. The second-order valence-electron chi connectivity index (χ2n) is 6.97. The zero-order chi connectivity index (χ0) is 19.0. The average molecular weight is 383 g/mol. The molecule has 0 aliphatic carbocycles. The molecule has 4 heterocycles. The van der Waals surface area contributed by atoms with Crippen LogP contribution in [-0.2, 0) is 6.42 Å². The van der Waals surface area contributed by atoms with E-state index in [4.69, 9.17) is 9.51 Å². The smallest absolute Gasteiger partial charge is 0.265 e. The summed E-state index contributed by atoms with van der Waals surface area (Å²) in [5, 5.41) is 4.00. The number of carbonyl (C=O) groups excluding carboxylic acids is 1. The fourth-order valence-electron chi connectivity index (χ4n) is 3.60. The van der Waals surface area contributed by atoms with Crippen LogP contribution in [0.2, 0.25) is 0 Å². The lowest BCUT2D eigenvalue weighted by molar-refractivity contribution is 0.0791. The van der Waals surface area contributed by atoms with E-state index in [2.05, 4.69) is 15.1 Å². The van der Waals surface area contributed by atoms with Gasteiger partial charge in [0.05, 0.1) is 40.0 Å². The Bertz CT molecular complexity index is 961. The summed E-state index contributed by atoms with van der Waals surface area (Å²) in [6, 6.07) is 0. The Morgan fingerprint density at radius 3 is 2.85 bits per heavy atom. The standard InChI is InChI=1S/C19H21N5O2S/c1-11-17(13(3)26-23-11)16-8-20-7-15(22-16)6-14-4-5-24(9-14)19(25)18-12(2)21-10-27-18/h7-8,10,14H,4-6,9H2,1-3H3. The first kappa shape index (κ1) is 17.8. The highest BCUT2D eigenvalue weighted by Crippen LogP contribution is 2.27. The lowest BCUT2D eigenvalue weighted by Gasteiger charge is -2.16. The van der Waals surface area contributed by atoms with Crippen molar-refractivity contribution in [2.45, 2.75) is 33.6 Å². The van der Waals surface area contributed by atoms with Crippen molar-refractivity contribution in [3.8, 4) is 11.3 Å². The monoisotopic (exact) mass is 383 g/mol. The molecule has 1 atom stereocenters. The molecule has 1 aliphatic rings. The number of amides is 1. The Morgan fingerprint density at radius 1 is 1.30 bits per heavy atom. The highest BCUT2D eigenvalue weighted by molar-refractivity contribution is 7.11. The maximum Gasteiger partial charge on any atom is 0.265 e. The maximum atomic E-state index is 12.7. The van der Waals surface area contributed by atoms with Crippen molar-refractivity contribution in [1.29, 1.82) is 0 Å². The Hall–Kier alpha value is -2.61. The summed E-state index contributed by atoms with van der Waals surface area (Å²) >= 11 is 1.41. The highest BCUT2D eigenvalue weighted by atomic mass is 32.1. The van der Waals surface area contributed by atoms with Gasteiger partial charge in [0, 0.05) is 19.3 Å². The molecule has 0 spiro atoms. The third-order valence-electron chi connectivity index (χ3n) is 4.98. The summed E-state index contributed by atoms with van der Waals surface area (Å²) in [7, 11) is 0. The second kappa shape index (κ2) is 7.19. The highest BCUT2D eigenvalue weighted by Gasteiger charge is 2.29. The Morgan fingerprint density at radius 2 is 2.15 bits per heavy atom. The van der Waals surface area contributed by atoms with Gasteiger partial charge in [0.1, 0.15) is 10.6 Å². The predicted octanol–water partition coefficient (Wildman–Crippen LogP) is 3.22. The Labute approximate surface area is 161 Å². The SMILES string of the molecule is Cc1ncsc1C(=O)N1CCC(Cc2cncc(-c3c(C)noc3C)n2)C1. The number of thiazole rings is 1. The molecule has 3 aromatic heterocycles. The lowest BCUT2D eigenvalue weighted by atomic mass is 10.0. The van der Waals surface area contributed by atoms with Gasteiger partial charge >= 0.3 is 0 Å². The normalized spacial score (nSPS) is 16.9. The fourth-order valence-corrected chi connectivity index (χ4v) is 4.37. The summed E-state index contributed by atoms with van der Waals surface area (Å²) in [4.78, 5) is 28.6. The molecular formula is C19H21N5O2S. The number of hydrogen-bond donors (Lipinski definition) is 0. The van der Waals surface area contributed by atoms with Crippen molar-refractivity contribution in [3.05, 3.63) is 45.6 Å². The first-order valence-electron chi connectivity index (χ1n) is 8.96. The molecule has 1 fully saturated rings. The summed E-state index contributed by atoms with van der Waals surface area (Å²) in [5.74, 6) is 1.22. The number of nitrogens with zero attached hydrogens (tertiary/aromatic N) is 5. The van der Waals surface area contributed by atoms with Gasteiger partial charge < -0.3 is 9.42 Å². The van der Waals surface area contributed by atoms with Crippen LogP contribution in [0.25, 0.3) is 11.3 Å². The molecule has 0 radical (unpaired) electrons. The average Bonchev–Trinajstić information content (AvgIpc) is 3.36. The van der Waals surface area contributed by atoms with Crippen molar-refractivity contribution in [3.63, 3.8) is 0 Å². The summed E-state index contributed by atoms with van der Waals surface area (Å²) in [6.45, 7) is 7.19. The van der Waals surface area contributed by atoms with Gasteiger partial charge in [-0.1, -0.05) is 5.16 Å². The molecule has 0 bridgehead atoms. The van der Waals surface area contributed by atoms with Crippen molar-refractivity contribution in [2.75, 3.05) is 13.1 Å². The van der Waals surface area contributed by atoms with Gasteiger partial charge in [-0.05, 0) is 39.5 Å². The van der Waals surface area contributed by atoms with Crippen molar-refractivity contribution in [1.82, 2.24) is 25.0 Å². The van der Waals surface area contributed by atoms with Gasteiger partial charge in [0.25, 0.3) is 5.91 Å². The molecule has 8 heteroatoms. The van der Waals surface area contributed by atoms with Gasteiger partial charge in [-0.3, -0.25) is 9.78 Å². The molecule has 140 valence electrons. The molecule has 27 heavy (non-hydrogen) atoms. The summed E-state index contributed by atoms with van der Waals surface area (Å²) in [6.07, 6.45) is 5.32. The van der Waals surface area contributed by atoms with Crippen LogP contribution in [0.5, 0.6) is 0 Å². The van der Waals surface area contributed by atoms with Gasteiger partial charge in [0.15, 0.2) is 0 Å². The molecule has 1 amide bonds. The summed E-state index contributed by atoms with van der Waals surface area (Å²) in [5.41, 5.74) is 5.98. The molecule has 3 aromatic rings. The minimum Gasteiger partial charge on any atom is -0.361 e. The van der Waals surface area contributed by atoms with E-state index >= 15 is 0 Å². The molecule has 0 N–H and O–H groups in total. The molecule has 7 nitrogen and oxygen atoms in total. The Kier molecular flexibility index (Phi) is 4.73. The molecule has 1 aliphatic heterocycles. The van der Waals surface area contributed by atoms with E-state index in [0.717, 1.165) is 64.9 Å². The van der Waals surface area contributed by atoms with Crippen LogP contribution in [0, 0.1) is 26.7 Å². The number of aryl methyl sites for hydroxylation is 3. The minimum absolute atomic E-state index is 0.0908. The van der Waals surface area contributed by atoms with Crippen LogP contribution in [-0.4, -0.2) is 44.0 Å². The van der Waals surface area contributed by atoms with Crippen LogP contribution in [0.15, 0.2) is 22.4 Å². The zero-order valence-corrected chi connectivity index (χ0v) is 16.4. The number of likely N-dealkylation sites (tertiary alicyclic amines) is 1. The largest absolute Gasteiger partial charge is 0.361 e.